The van der Waals surface area contributed by atoms with Crippen LogP contribution < -0.4 is 0 Å². The summed E-state index contributed by atoms with van der Waals surface area (Å²) in [5.74, 6) is 0. The van der Waals surface area contributed by atoms with Crippen molar-refractivity contribution in [3.05, 3.63) is 0 Å². The molecule has 11 heavy (non-hydrogen) atoms. The zero-order chi connectivity index (χ0) is 8.69. The lowest BCUT2D eigenvalue weighted by Gasteiger charge is -2.18. The second kappa shape index (κ2) is 6.58. The van der Waals surface area contributed by atoms with Crippen molar-refractivity contribution in [2.45, 2.75) is 46.2 Å². The first kappa shape index (κ1) is 10.9. The Morgan fingerprint density at radius 2 is 2.00 bits per heavy atom. The van der Waals surface area contributed by atoms with Gasteiger partial charge in [-0.05, 0) is 20.3 Å². The fourth-order valence-corrected chi connectivity index (χ4v) is 0.832. The van der Waals surface area contributed by atoms with E-state index in [1.54, 1.807) is 6.92 Å². The molecular weight excluding hydrogens is 144 g/mol. The molecule has 0 aromatic carbocycles. The molecule has 3 nitrogen and oxygen atoms in total. The van der Waals surface area contributed by atoms with Gasteiger partial charge in [0.05, 0.1) is 0 Å². The molecule has 0 spiro atoms. The Kier molecular flexibility index (Phi) is 6.51. The molecule has 0 saturated carbocycles. The zero-order valence-electron chi connectivity index (χ0n) is 7.54. The number of hydrogen-bond acceptors (Lipinski definition) is 3. The molecule has 0 heterocycles. The van der Waals surface area contributed by atoms with Crippen LogP contribution in [0.25, 0.3) is 0 Å². The van der Waals surface area contributed by atoms with Crippen LogP contribution in [0.4, 0.5) is 0 Å². The minimum absolute atomic E-state index is 0.245. The van der Waals surface area contributed by atoms with Crippen molar-refractivity contribution in [3.63, 3.8) is 0 Å². The maximum Gasteiger partial charge on any atom is 0.160 e. The number of hydrogen-bond donors (Lipinski definition) is 1. The number of ether oxygens (including phenoxy) is 2. The molecule has 0 fully saturated rings. The molecule has 68 valence electrons. The second-order valence-corrected chi connectivity index (χ2v) is 2.41. The maximum absolute atomic E-state index is 8.87. The average Bonchev–Trinajstić information content (AvgIpc) is 1.87. The van der Waals surface area contributed by atoms with Crippen LogP contribution in [0.3, 0.4) is 0 Å². The Morgan fingerprint density at radius 3 is 2.36 bits per heavy atom. The van der Waals surface area contributed by atoms with Crippen molar-refractivity contribution < 1.29 is 14.6 Å². The predicted molar refractivity (Wildman–Crippen MR) is 43.1 cm³/mol. The van der Waals surface area contributed by atoms with Gasteiger partial charge in [0.15, 0.2) is 12.6 Å². The summed E-state index contributed by atoms with van der Waals surface area (Å²) in [5.41, 5.74) is 0. The number of aliphatic hydroxyl groups is 1. The smallest absolute Gasteiger partial charge is 0.160 e. The van der Waals surface area contributed by atoms with Crippen molar-refractivity contribution in [2.75, 3.05) is 6.61 Å². The van der Waals surface area contributed by atoms with Crippen molar-refractivity contribution in [3.8, 4) is 0 Å². The summed E-state index contributed by atoms with van der Waals surface area (Å²) in [6, 6.07) is 0. The van der Waals surface area contributed by atoms with Crippen molar-refractivity contribution in [2.24, 2.45) is 0 Å². The van der Waals surface area contributed by atoms with Gasteiger partial charge in [-0.2, -0.15) is 0 Å². The van der Waals surface area contributed by atoms with Gasteiger partial charge in [0.2, 0.25) is 0 Å². The van der Waals surface area contributed by atoms with Gasteiger partial charge >= 0.3 is 0 Å². The largest absolute Gasteiger partial charge is 0.368 e. The third kappa shape index (κ3) is 6.28. The van der Waals surface area contributed by atoms with E-state index in [2.05, 4.69) is 6.92 Å². The molecule has 0 aliphatic heterocycles. The molecule has 0 rings (SSSR count). The monoisotopic (exact) mass is 162 g/mol. The minimum Gasteiger partial charge on any atom is -0.368 e. The Hall–Kier alpha value is -0.120. The Morgan fingerprint density at radius 1 is 1.36 bits per heavy atom. The first-order chi connectivity index (χ1) is 5.20. The first-order valence-electron chi connectivity index (χ1n) is 4.15. The van der Waals surface area contributed by atoms with Crippen LogP contribution in [0.5, 0.6) is 0 Å². The van der Waals surface area contributed by atoms with Crippen LogP contribution in [0, 0.1) is 0 Å². The lowest BCUT2D eigenvalue weighted by atomic mass is 10.3. The number of aliphatic hydroxyl groups excluding tert-OH is 1. The van der Waals surface area contributed by atoms with Gasteiger partial charge in [-0.1, -0.05) is 13.3 Å². The zero-order valence-corrected chi connectivity index (χ0v) is 7.54. The van der Waals surface area contributed by atoms with Crippen LogP contribution >= 0.6 is 0 Å². The molecule has 0 saturated heterocycles. The molecule has 1 N–H and O–H groups in total. The van der Waals surface area contributed by atoms with E-state index < -0.39 is 6.29 Å². The van der Waals surface area contributed by atoms with Crippen LogP contribution in [-0.4, -0.2) is 24.3 Å². The first-order valence-corrected chi connectivity index (χ1v) is 4.15. The van der Waals surface area contributed by atoms with Gasteiger partial charge in [0, 0.05) is 6.61 Å². The molecule has 2 unspecified atom stereocenters. The fourth-order valence-electron chi connectivity index (χ4n) is 0.832. The Bertz CT molecular complexity index is 77.4. The van der Waals surface area contributed by atoms with Gasteiger partial charge in [0.1, 0.15) is 0 Å². The van der Waals surface area contributed by atoms with Gasteiger partial charge in [-0.25, -0.2) is 0 Å². The SMILES string of the molecule is CCCC(OCC)OC(C)O. The molecule has 0 aromatic heterocycles. The van der Waals surface area contributed by atoms with Crippen molar-refractivity contribution in [1.82, 2.24) is 0 Å². The summed E-state index contributed by atoms with van der Waals surface area (Å²) in [5, 5.41) is 8.87. The summed E-state index contributed by atoms with van der Waals surface area (Å²) < 4.78 is 10.3. The Labute approximate surface area is 68.3 Å². The molecular formula is C8H18O3. The number of rotatable bonds is 6. The van der Waals surface area contributed by atoms with E-state index in [0.717, 1.165) is 12.8 Å². The molecule has 2 atom stereocenters. The molecule has 0 amide bonds. The third-order valence-electron chi connectivity index (χ3n) is 1.23. The maximum atomic E-state index is 8.87. The summed E-state index contributed by atoms with van der Waals surface area (Å²) in [7, 11) is 0. The summed E-state index contributed by atoms with van der Waals surface area (Å²) in [4.78, 5) is 0. The topological polar surface area (TPSA) is 38.7 Å². The van der Waals surface area contributed by atoms with Crippen molar-refractivity contribution >= 4 is 0 Å². The van der Waals surface area contributed by atoms with E-state index in [0.29, 0.717) is 6.61 Å². The van der Waals surface area contributed by atoms with Crippen LogP contribution in [0.1, 0.15) is 33.6 Å². The minimum atomic E-state index is -0.738. The molecule has 0 aliphatic rings. The van der Waals surface area contributed by atoms with Crippen LogP contribution in [0.15, 0.2) is 0 Å². The molecule has 0 aromatic rings. The fraction of sp³-hybridized carbons (Fsp3) is 1.00. The highest BCUT2D eigenvalue weighted by molar-refractivity contribution is 4.43. The van der Waals surface area contributed by atoms with E-state index in [9.17, 15) is 0 Å². The van der Waals surface area contributed by atoms with E-state index in [-0.39, 0.29) is 6.29 Å². The third-order valence-corrected chi connectivity index (χ3v) is 1.23. The normalized spacial score (nSPS) is 16.4. The van der Waals surface area contributed by atoms with Crippen LogP contribution in [-0.2, 0) is 9.47 Å². The second-order valence-electron chi connectivity index (χ2n) is 2.41. The van der Waals surface area contributed by atoms with Crippen LogP contribution in [0.2, 0.25) is 0 Å². The highest BCUT2D eigenvalue weighted by Gasteiger charge is 2.09. The van der Waals surface area contributed by atoms with Gasteiger partial charge in [-0.3, -0.25) is 0 Å². The van der Waals surface area contributed by atoms with Gasteiger partial charge in [-0.15, -0.1) is 0 Å². The van der Waals surface area contributed by atoms with E-state index >= 15 is 0 Å². The predicted octanol–water partition coefficient (Wildman–Crippen LogP) is 1.50. The highest BCUT2D eigenvalue weighted by Crippen LogP contribution is 2.05. The van der Waals surface area contributed by atoms with Crippen molar-refractivity contribution in [1.29, 1.82) is 0 Å². The highest BCUT2D eigenvalue weighted by atomic mass is 16.7. The summed E-state index contributed by atoms with van der Waals surface area (Å²) >= 11 is 0. The molecule has 0 bridgehead atoms. The summed E-state index contributed by atoms with van der Waals surface area (Å²) in [6.07, 6.45) is 0.846. The Balaban J connectivity index is 3.50. The van der Waals surface area contributed by atoms with E-state index in [1.807, 2.05) is 6.92 Å². The quantitative estimate of drug-likeness (QED) is 0.601. The molecule has 0 aliphatic carbocycles. The lowest BCUT2D eigenvalue weighted by molar-refractivity contribution is -0.222. The molecule has 0 radical (unpaired) electrons. The van der Waals surface area contributed by atoms with E-state index in [1.165, 1.54) is 0 Å². The average molecular weight is 162 g/mol. The summed E-state index contributed by atoms with van der Waals surface area (Å²) in [6.45, 7) is 6.17. The standard InChI is InChI=1S/C8H18O3/c1-4-6-8(10-5-2)11-7(3)9/h7-9H,4-6H2,1-3H3. The lowest BCUT2D eigenvalue weighted by Crippen LogP contribution is -2.22. The van der Waals surface area contributed by atoms with E-state index in [4.69, 9.17) is 14.6 Å². The molecule has 3 heteroatoms. The van der Waals surface area contributed by atoms with Gasteiger partial charge < -0.3 is 14.6 Å². The van der Waals surface area contributed by atoms with Gasteiger partial charge in [0.25, 0.3) is 0 Å².